The van der Waals surface area contributed by atoms with Crippen LogP contribution >= 0.6 is 0 Å². The largest absolute Gasteiger partial charge is 0.490 e. The van der Waals surface area contributed by atoms with Gasteiger partial charge in [0.2, 0.25) is 0 Å². The second-order valence-electron chi connectivity index (χ2n) is 6.84. The summed E-state index contributed by atoms with van der Waals surface area (Å²) in [6, 6.07) is 8.81. The molecule has 0 aliphatic carbocycles. The number of hydrogen-bond donors (Lipinski definition) is 1. The molecule has 0 saturated heterocycles. The predicted octanol–water partition coefficient (Wildman–Crippen LogP) is 4.59. The third-order valence-electron chi connectivity index (χ3n) is 4.36. The van der Waals surface area contributed by atoms with E-state index in [4.69, 9.17) is 14.2 Å². The first-order valence-electron chi connectivity index (χ1n) is 9.76. The summed E-state index contributed by atoms with van der Waals surface area (Å²) >= 11 is 0. The van der Waals surface area contributed by atoms with Crippen LogP contribution in [0.25, 0.3) is 0 Å². The zero-order chi connectivity index (χ0) is 21.6. The molecule has 0 spiro atoms. The highest BCUT2D eigenvalue weighted by Gasteiger charge is 2.21. The van der Waals surface area contributed by atoms with Crippen LogP contribution in [0, 0.1) is 20.8 Å². The Labute approximate surface area is 172 Å². The van der Waals surface area contributed by atoms with Crippen molar-refractivity contribution in [3.8, 4) is 11.5 Å². The van der Waals surface area contributed by atoms with Gasteiger partial charge < -0.3 is 19.5 Å². The SMILES string of the molecule is CCOc1ccc(C(=O)OC(C)C(=O)Nc2c(C)cc(C)cc2C)cc1OCC. The summed E-state index contributed by atoms with van der Waals surface area (Å²) in [5.74, 6) is 0.0344. The fraction of sp³-hybridized carbons (Fsp3) is 0.391. The van der Waals surface area contributed by atoms with Gasteiger partial charge >= 0.3 is 5.97 Å². The Morgan fingerprint density at radius 2 is 1.52 bits per heavy atom. The Bertz CT molecular complexity index is 868. The molecule has 29 heavy (non-hydrogen) atoms. The van der Waals surface area contributed by atoms with Gasteiger partial charge in [0.05, 0.1) is 18.8 Å². The summed E-state index contributed by atoms with van der Waals surface area (Å²) in [5.41, 5.74) is 4.07. The Morgan fingerprint density at radius 1 is 0.931 bits per heavy atom. The normalized spacial score (nSPS) is 11.5. The lowest BCUT2D eigenvalue weighted by Gasteiger charge is -2.17. The number of amides is 1. The van der Waals surface area contributed by atoms with Crippen molar-refractivity contribution < 1.29 is 23.8 Å². The van der Waals surface area contributed by atoms with Gasteiger partial charge in [-0.2, -0.15) is 0 Å². The first kappa shape index (κ1) is 22.3. The van der Waals surface area contributed by atoms with Gasteiger partial charge in [0.1, 0.15) is 0 Å². The molecule has 0 fully saturated rings. The van der Waals surface area contributed by atoms with Crippen molar-refractivity contribution >= 4 is 17.6 Å². The van der Waals surface area contributed by atoms with Crippen LogP contribution in [0.3, 0.4) is 0 Å². The van der Waals surface area contributed by atoms with E-state index in [0.717, 1.165) is 22.4 Å². The summed E-state index contributed by atoms with van der Waals surface area (Å²) in [6.45, 7) is 12.1. The van der Waals surface area contributed by atoms with E-state index in [2.05, 4.69) is 5.32 Å². The highest BCUT2D eigenvalue weighted by Crippen LogP contribution is 2.29. The number of ether oxygens (including phenoxy) is 3. The zero-order valence-corrected chi connectivity index (χ0v) is 17.9. The first-order valence-corrected chi connectivity index (χ1v) is 9.76. The molecule has 1 unspecified atom stereocenters. The molecule has 2 aromatic carbocycles. The zero-order valence-electron chi connectivity index (χ0n) is 17.9. The molecule has 0 saturated carbocycles. The number of carbonyl (C=O) groups excluding carboxylic acids is 2. The second-order valence-corrected chi connectivity index (χ2v) is 6.84. The van der Waals surface area contributed by atoms with Gasteiger partial charge in [-0.3, -0.25) is 4.79 Å². The number of hydrogen-bond acceptors (Lipinski definition) is 5. The Balaban J connectivity index is 2.10. The lowest BCUT2D eigenvalue weighted by molar-refractivity contribution is -0.123. The van der Waals surface area contributed by atoms with E-state index in [1.54, 1.807) is 25.1 Å². The van der Waals surface area contributed by atoms with Crippen molar-refractivity contribution in [2.24, 2.45) is 0 Å². The number of rotatable bonds is 8. The first-order chi connectivity index (χ1) is 13.8. The maximum absolute atomic E-state index is 12.5. The number of esters is 1. The lowest BCUT2D eigenvalue weighted by Crippen LogP contribution is -2.30. The van der Waals surface area contributed by atoms with Crippen LogP contribution in [0.1, 0.15) is 47.8 Å². The van der Waals surface area contributed by atoms with E-state index < -0.39 is 12.1 Å². The fourth-order valence-corrected chi connectivity index (χ4v) is 3.06. The molecule has 2 aromatic rings. The van der Waals surface area contributed by atoms with Crippen molar-refractivity contribution in [3.63, 3.8) is 0 Å². The summed E-state index contributed by atoms with van der Waals surface area (Å²) in [7, 11) is 0. The van der Waals surface area contributed by atoms with E-state index in [1.165, 1.54) is 0 Å². The van der Waals surface area contributed by atoms with Gasteiger partial charge in [0.25, 0.3) is 5.91 Å². The van der Waals surface area contributed by atoms with Gasteiger partial charge in [-0.1, -0.05) is 17.7 Å². The summed E-state index contributed by atoms with van der Waals surface area (Å²) in [4.78, 5) is 25.1. The van der Waals surface area contributed by atoms with Crippen LogP contribution in [0.15, 0.2) is 30.3 Å². The molecule has 0 bridgehead atoms. The third-order valence-corrected chi connectivity index (χ3v) is 4.36. The van der Waals surface area contributed by atoms with Crippen LogP contribution in [-0.4, -0.2) is 31.2 Å². The maximum Gasteiger partial charge on any atom is 0.339 e. The highest BCUT2D eigenvalue weighted by atomic mass is 16.5. The topological polar surface area (TPSA) is 73.9 Å². The molecule has 0 heterocycles. The summed E-state index contributed by atoms with van der Waals surface area (Å²) < 4.78 is 16.4. The van der Waals surface area contributed by atoms with E-state index in [1.807, 2.05) is 46.8 Å². The van der Waals surface area contributed by atoms with Gasteiger partial charge in [0.15, 0.2) is 17.6 Å². The van der Waals surface area contributed by atoms with E-state index in [0.29, 0.717) is 30.3 Å². The van der Waals surface area contributed by atoms with Crippen molar-refractivity contribution in [2.45, 2.75) is 47.6 Å². The van der Waals surface area contributed by atoms with Gasteiger partial charge in [0, 0.05) is 5.69 Å². The minimum Gasteiger partial charge on any atom is -0.490 e. The second kappa shape index (κ2) is 9.96. The molecule has 0 aliphatic rings. The molecule has 2 rings (SSSR count). The molecule has 1 amide bonds. The quantitative estimate of drug-likeness (QED) is 0.657. The number of nitrogens with one attached hydrogen (secondary N) is 1. The smallest absolute Gasteiger partial charge is 0.339 e. The number of aryl methyl sites for hydroxylation is 3. The molecular weight excluding hydrogens is 370 g/mol. The van der Waals surface area contributed by atoms with E-state index in [9.17, 15) is 9.59 Å². The van der Waals surface area contributed by atoms with Crippen LogP contribution < -0.4 is 14.8 Å². The molecule has 0 aliphatic heterocycles. The Hall–Kier alpha value is -3.02. The Morgan fingerprint density at radius 3 is 2.10 bits per heavy atom. The molecule has 1 atom stereocenters. The standard InChI is InChI=1S/C23H29NO5/c1-7-27-19-10-9-18(13-20(19)28-8-2)23(26)29-17(6)22(25)24-21-15(4)11-14(3)12-16(21)5/h9-13,17H,7-8H2,1-6H3,(H,24,25). The fourth-order valence-electron chi connectivity index (χ4n) is 3.06. The molecule has 0 aromatic heterocycles. The summed E-state index contributed by atoms with van der Waals surface area (Å²) in [6.07, 6.45) is -0.954. The molecule has 1 N–H and O–H groups in total. The Kier molecular flexibility index (Phi) is 7.65. The van der Waals surface area contributed by atoms with Crippen molar-refractivity contribution in [1.82, 2.24) is 0 Å². The minimum atomic E-state index is -0.954. The maximum atomic E-state index is 12.5. The summed E-state index contributed by atoms with van der Waals surface area (Å²) in [5, 5.41) is 2.86. The van der Waals surface area contributed by atoms with E-state index >= 15 is 0 Å². The number of carbonyl (C=O) groups is 2. The molecule has 156 valence electrons. The molecule has 0 radical (unpaired) electrons. The minimum absolute atomic E-state index is 0.291. The van der Waals surface area contributed by atoms with Gasteiger partial charge in [-0.05, 0) is 70.9 Å². The van der Waals surface area contributed by atoms with Gasteiger partial charge in [-0.25, -0.2) is 4.79 Å². The molecular formula is C23H29NO5. The highest BCUT2D eigenvalue weighted by molar-refractivity contribution is 5.98. The average Bonchev–Trinajstić information content (AvgIpc) is 2.66. The monoisotopic (exact) mass is 399 g/mol. The van der Waals surface area contributed by atoms with Crippen molar-refractivity contribution in [1.29, 1.82) is 0 Å². The van der Waals surface area contributed by atoms with Crippen LogP contribution in [-0.2, 0) is 9.53 Å². The van der Waals surface area contributed by atoms with Crippen LogP contribution in [0.2, 0.25) is 0 Å². The van der Waals surface area contributed by atoms with Crippen LogP contribution in [0.5, 0.6) is 11.5 Å². The van der Waals surface area contributed by atoms with Crippen molar-refractivity contribution in [3.05, 3.63) is 52.6 Å². The molecule has 6 heteroatoms. The van der Waals surface area contributed by atoms with E-state index in [-0.39, 0.29) is 5.91 Å². The van der Waals surface area contributed by atoms with Crippen molar-refractivity contribution in [2.75, 3.05) is 18.5 Å². The van der Waals surface area contributed by atoms with Gasteiger partial charge in [-0.15, -0.1) is 0 Å². The third kappa shape index (κ3) is 5.73. The lowest BCUT2D eigenvalue weighted by atomic mass is 10.0. The predicted molar refractivity (Wildman–Crippen MR) is 113 cm³/mol. The van der Waals surface area contributed by atoms with Crippen LogP contribution in [0.4, 0.5) is 5.69 Å². The average molecular weight is 399 g/mol. The number of benzene rings is 2. The molecule has 6 nitrogen and oxygen atoms in total. The number of anilines is 1.